The number of hydrogen-bond donors (Lipinski definition) is 3. The number of carbonyl (C=O) groups is 1. The van der Waals surface area contributed by atoms with Crippen LogP contribution in [0.25, 0.3) is 16.5 Å². The van der Waals surface area contributed by atoms with E-state index < -0.39 is 5.91 Å². The number of methoxy groups -OCH3 is 1. The lowest BCUT2D eigenvalue weighted by Gasteiger charge is -2.24. The molecular weight excluding hydrogens is 374 g/mol. The van der Waals surface area contributed by atoms with Gasteiger partial charge in [0.1, 0.15) is 5.75 Å². The van der Waals surface area contributed by atoms with Crippen molar-refractivity contribution in [2.75, 3.05) is 13.7 Å². The first-order valence-electron chi connectivity index (χ1n) is 10.6. The summed E-state index contributed by atoms with van der Waals surface area (Å²) in [4.78, 5) is 14.9. The van der Waals surface area contributed by atoms with Crippen LogP contribution in [0.5, 0.6) is 5.75 Å². The van der Waals surface area contributed by atoms with E-state index in [-0.39, 0.29) is 0 Å². The summed E-state index contributed by atoms with van der Waals surface area (Å²) < 4.78 is 5.36. The molecule has 2 heterocycles. The van der Waals surface area contributed by atoms with E-state index in [1.165, 1.54) is 29.5 Å². The number of primary amides is 1. The highest BCUT2D eigenvalue weighted by Crippen LogP contribution is 2.29. The van der Waals surface area contributed by atoms with Crippen LogP contribution in [0.4, 0.5) is 0 Å². The normalized spacial score (nSPS) is 16.4. The van der Waals surface area contributed by atoms with Crippen LogP contribution in [0.1, 0.15) is 47.2 Å². The maximum absolute atomic E-state index is 11.6. The van der Waals surface area contributed by atoms with Crippen LogP contribution in [0.15, 0.2) is 54.7 Å². The first-order chi connectivity index (χ1) is 14.7. The third-order valence-electron chi connectivity index (χ3n) is 5.97. The van der Waals surface area contributed by atoms with Gasteiger partial charge < -0.3 is 20.8 Å². The highest BCUT2D eigenvalue weighted by molar-refractivity contribution is 6.00. The van der Waals surface area contributed by atoms with Crippen LogP contribution in [0, 0.1) is 0 Å². The maximum Gasteiger partial charge on any atom is 0.252 e. The van der Waals surface area contributed by atoms with Crippen LogP contribution in [0.3, 0.4) is 0 Å². The average Bonchev–Trinajstić information content (AvgIpc) is 3.18. The predicted molar refractivity (Wildman–Crippen MR) is 122 cm³/mol. The fraction of sp³-hybridized carbons (Fsp3) is 0.320. The molecule has 5 heteroatoms. The number of benzene rings is 2. The molecule has 4 rings (SSSR count). The van der Waals surface area contributed by atoms with E-state index in [9.17, 15) is 4.79 Å². The standard InChI is InChI=1S/C25H29N3O2/c1-30-24-15-21-19(16-28-23(21)14-22(24)25(26)29)9-5-6-10-20-13-18(11-12-27-20)17-7-3-2-4-8-17/h2-4,7-8,11,14-16,20,27-28H,5-6,9-10,12-13H2,1H3,(H2,26,29). The number of aromatic nitrogens is 1. The maximum atomic E-state index is 11.6. The molecule has 1 aliphatic heterocycles. The van der Waals surface area contributed by atoms with E-state index in [0.29, 0.717) is 17.4 Å². The van der Waals surface area contributed by atoms with Crippen molar-refractivity contribution >= 4 is 22.4 Å². The van der Waals surface area contributed by atoms with Gasteiger partial charge in [-0.1, -0.05) is 42.8 Å². The van der Waals surface area contributed by atoms with Crippen molar-refractivity contribution in [3.8, 4) is 5.75 Å². The lowest BCUT2D eigenvalue weighted by molar-refractivity contribution is 0.0997. The Kier molecular flexibility index (Phi) is 6.19. The molecule has 3 aromatic rings. The molecular formula is C25H29N3O2. The van der Waals surface area contributed by atoms with Crippen molar-refractivity contribution in [3.63, 3.8) is 0 Å². The first kappa shape index (κ1) is 20.2. The molecule has 0 aliphatic carbocycles. The van der Waals surface area contributed by atoms with Crippen LogP contribution in [-0.2, 0) is 6.42 Å². The molecule has 1 amide bonds. The second kappa shape index (κ2) is 9.18. The Balaban J connectivity index is 1.33. The second-order valence-corrected chi connectivity index (χ2v) is 7.93. The largest absolute Gasteiger partial charge is 0.496 e. The smallest absolute Gasteiger partial charge is 0.252 e. The van der Waals surface area contributed by atoms with Crippen molar-refractivity contribution in [1.29, 1.82) is 0 Å². The van der Waals surface area contributed by atoms with Gasteiger partial charge in [0.15, 0.2) is 0 Å². The number of fused-ring (bicyclic) bond motifs is 1. The van der Waals surface area contributed by atoms with Gasteiger partial charge >= 0.3 is 0 Å². The van der Waals surface area contributed by atoms with Crippen molar-refractivity contribution in [2.45, 2.75) is 38.1 Å². The zero-order chi connectivity index (χ0) is 20.9. The molecule has 0 bridgehead atoms. The molecule has 1 aliphatic rings. The summed E-state index contributed by atoms with van der Waals surface area (Å²) in [6.45, 7) is 0.944. The molecule has 4 N–H and O–H groups in total. The molecule has 2 aromatic carbocycles. The Morgan fingerprint density at radius 2 is 2.03 bits per heavy atom. The molecule has 0 fully saturated rings. The van der Waals surface area contributed by atoms with Crippen LogP contribution < -0.4 is 15.8 Å². The monoisotopic (exact) mass is 403 g/mol. The third-order valence-corrected chi connectivity index (χ3v) is 5.97. The van der Waals surface area contributed by atoms with Gasteiger partial charge in [0, 0.05) is 29.7 Å². The number of aromatic amines is 1. The van der Waals surface area contributed by atoms with Crippen LogP contribution in [-0.4, -0.2) is 30.6 Å². The van der Waals surface area contributed by atoms with Gasteiger partial charge in [-0.15, -0.1) is 0 Å². The van der Waals surface area contributed by atoms with Gasteiger partial charge in [-0.25, -0.2) is 0 Å². The number of hydrogen-bond acceptors (Lipinski definition) is 3. The van der Waals surface area contributed by atoms with E-state index >= 15 is 0 Å². The third kappa shape index (κ3) is 4.41. The minimum Gasteiger partial charge on any atom is -0.496 e. The highest BCUT2D eigenvalue weighted by atomic mass is 16.5. The fourth-order valence-corrected chi connectivity index (χ4v) is 4.34. The minimum absolute atomic E-state index is 0.407. The zero-order valence-corrected chi connectivity index (χ0v) is 17.4. The van der Waals surface area contributed by atoms with E-state index in [1.54, 1.807) is 13.2 Å². The molecule has 0 saturated carbocycles. The first-order valence-corrected chi connectivity index (χ1v) is 10.6. The molecule has 0 saturated heterocycles. The molecule has 5 nitrogen and oxygen atoms in total. The zero-order valence-electron chi connectivity index (χ0n) is 17.4. The molecule has 156 valence electrons. The van der Waals surface area contributed by atoms with Crippen LogP contribution in [0.2, 0.25) is 0 Å². The fourth-order valence-electron chi connectivity index (χ4n) is 4.34. The molecule has 30 heavy (non-hydrogen) atoms. The Morgan fingerprint density at radius 1 is 1.20 bits per heavy atom. The minimum atomic E-state index is -0.478. The number of H-pyrrole nitrogens is 1. The van der Waals surface area contributed by atoms with Crippen molar-refractivity contribution in [2.24, 2.45) is 5.73 Å². The number of amides is 1. The molecule has 1 atom stereocenters. The molecule has 1 unspecified atom stereocenters. The van der Waals surface area contributed by atoms with Gasteiger partial charge in [0.2, 0.25) is 0 Å². The summed E-state index contributed by atoms with van der Waals surface area (Å²) in [5, 5.41) is 4.73. The number of rotatable bonds is 8. The van der Waals surface area contributed by atoms with Gasteiger partial charge in [-0.3, -0.25) is 4.79 Å². The van der Waals surface area contributed by atoms with Crippen molar-refractivity contribution in [1.82, 2.24) is 10.3 Å². The number of nitrogens with one attached hydrogen (secondary N) is 2. The summed E-state index contributed by atoms with van der Waals surface area (Å²) >= 11 is 0. The lowest BCUT2D eigenvalue weighted by Crippen LogP contribution is -2.32. The quantitative estimate of drug-likeness (QED) is 0.487. The molecule has 0 spiro atoms. The van der Waals surface area contributed by atoms with E-state index in [2.05, 4.69) is 46.7 Å². The van der Waals surface area contributed by atoms with Crippen LogP contribution >= 0.6 is 0 Å². The Bertz CT molecular complexity index is 1050. The average molecular weight is 404 g/mol. The topological polar surface area (TPSA) is 80.1 Å². The van der Waals surface area contributed by atoms with Crippen molar-refractivity contribution in [3.05, 3.63) is 71.4 Å². The predicted octanol–water partition coefficient (Wildman–Crippen LogP) is 4.43. The number of unbranched alkanes of at least 4 members (excludes halogenated alkanes) is 1. The number of carbonyl (C=O) groups excluding carboxylic acids is 1. The summed E-state index contributed by atoms with van der Waals surface area (Å²) in [5.74, 6) is 0.0521. The Hall–Kier alpha value is -3.05. The van der Waals surface area contributed by atoms with E-state index in [0.717, 1.165) is 36.7 Å². The Morgan fingerprint density at radius 3 is 2.80 bits per heavy atom. The van der Waals surface area contributed by atoms with Gasteiger partial charge in [0.25, 0.3) is 5.91 Å². The molecule has 0 radical (unpaired) electrons. The second-order valence-electron chi connectivity index (χ2n) is 7.93. The molecule has 1 aromatic heterocycles. The lowest BCUT2D eigenvalue weighted by atomic mass is 9.92. The van der Waals surface area contributed by atoms with E-state index in [4.69, 9.17) is 10.5 Å². The Labute approximate surface area is 177 Å². The van der Waals surface area contributed by atoms with E-state index in [1.807, 2.05) is 12.3 Å². The number of ether oxygens (including phenoxy) is 1. The highest BCUT2D eigenvalue weighted by Gasteiger charge is 2.16. The summed E-state index contributed by atoms with van der Waals surface area (Å²) in [6, 6.07) is 14.9. The van der Waals surface area contributed by atoms with Gasteiger partial charge in [0.05, 0.1) is 12.7 Å². The SMILES string of the molecule is COc1cc2c(CCCCC3CC(c4ccccc4)=CCN3)c[nH]c2cc1C(N)=O. The number of nitrogens with two attached hydrogens (primary N) is 1. The number of aryl methyl sites for hydroxylation is 1. The van der Waals surface area contributed by atoms with Gasteiger partial charge in [-0.2, -0.15) is 0 Å². The van der Waals surface area contributed by atoms with Crippen molar-refractivity contribution < 1.29 is 9.53 Å². The summed E-state index contributed by atoms with van der Waals surface area (Å²) in [5.41, 5.74) is 10.8. The van der Waals surface area contributed by atoms with Gasteiger partial charge in [-0.05, 0) is 54.5 Å². The summed E-state index contributed by atoms with van der Waals surface area (Å²) in [6.07, 6.45) is 9.88. The summed E-state index contributed by atoms with van der Waals surface area (Å²) in [7, 11) is 1.56.